The van der Waals surface area contributed by atoms with Crippen molar-refractivity contribution in [3.05, 3.63) is 41.5 Å². The number of carbonyl (C=O) groups excluding carboxylic acids is 1. The van der Waals surface area contributed by atoms with Gasteiger partial charge in [0.2, 0.25) is 5.91 Å². The summed E-state index contributed by atoms with van der Waals surface area (Å²) in [4.78, 5) is 15.1. The van der Waals surface area contributed by atoms with E-state index in [9.17, 15) is 4.79 Å². The van der Waals surface area contributed by atoms with E-state index in [1.54, 1.807) is 14.2 Å². The molecule has 0 spiro atoms. The second-order valence-electron chi connectivity index (χ2n) is 7.31. The van der Waals surface area contributed by atoms with Crippen LogP contribution in [0.3, 0.4) is 0 Å². The predicted molar refractivity (Wildman–Crippen MR) is 99.4 cm³/mol. The quantitative estimate of drug-likeness (QED) is 0.778. The summed E-state index contributed by atoms with van der Waals surface area (Å²) in [6.45, 7) is 1.22. The maximum atomic E-state index is 13.0. The van der Waals surface area contributed by atoms with Gasteiger partial charge in [0, 0.05) is 32.5 Å². The third-order valence-corrected chi connectivity index (χ3v) is 5.68. The smallest absolute Gasteiger partial charge is 0.223 e. The molecule has 1 aromatic carbocycles. The number of aromatic nitrogens is 3. The van der Waals surface area contributed by atoms with Crippen molar-refractivity contribution in [2.45, 2.75) is 57.3 Å². The Labute approximate surface area is 159 Å². The number of methoxy groups -OCH3 is 2. The lowest BCUT2D eigenvalue weighted by Crippen LogP contribution is -2.42. The molecule has 0 saturated carbocycles. The first-order chi connectivity index (χ1) is 13.2. The zero-order valence-electron chi connectivity index (χ0n) is 15.9. The van der Waals surface area contributed by atoms with Crippen LogP contribution < -0.4 is 4.74 Å². The Morgan fingerprint density at radius 2 is 1.93 bits per heavy atom. The van der Waals surface area contributed by atoms with E-state index in [0.29, 0.717) is 13.0 Å². The fourth-order valence-electron chi connectivity index (χ4n) is 4.31. The Kier molecular flexibility index (Phi) is 5.11. The van der Waals surface area contributed by atoms with Gasteiger partial charge in [0.25, 0.3) is 0 Å². The largest absolute Gasteiger partial charge is 0.497 e. The summed E-state index contributed by atoms with van der Waals surface area (Å²) in [5, 5.41) is 8.60. The molecule has 27 heavy (non-hydrogen) atoms. The van der Waals surface area contributed by atoms with Crippen molar-refractivity contribution in [3.63, 3.8) is 0 Å². The van der Waals surface area contributed by atoms with Crippen LogP contribution in [0.15, 0.2) is 24.3 Å². The molecule has 3 heterocycles. The van der Waals surface area contributed by atoms with Crippen molar-refractivity contribution in [2.24, 2.45) is 0 Å². The highest BCUT2D eigenvalue weighted by Gasteiger charge is 2.40. The number of fused-ring (bicyclic) bond motifs is 3. The molecule has 2 atom stereocenters. The van der Waals surface area contributed by atoms with E-state index in [1.807, 2.05) is 24.3 Å². The highest BCUT2D eigenvalue weighted by Crippen LogP contribution is 2.32. The zero-order chi connectivity index (χ0) is 18.8. The average molecular weight is 370 g/mol. The summed E-state index contributed by atoms with van der Waals surface area (Å²) >= 11 is 0. The van der Waals surface area contributed by atoms with E-state index >= 15 is 0 Å². The third kappa shape index (κ3) is 3.56. The summed E-state index contributed by atoms with van der Waals surface area (Å²) < 4.78 is 12.6. The standard InChI is InChI=1S/C20H26N4O3/c1-26-13-19-22-21-18-11-15-6-7-16(12-23(18)19)24(15)20(25)10-5-14-3-8-17(27-2)9-4-14/h3-4,8-9,15-16H,5-7,10-13H2,1-2H3/t15-,16+/m0/s1. The van der Waals surface area contributed by atoms with Gasteiger partial charge in [0.1, 0.15) is 18.2 Å². The minimum Gasteiger partial charge on any atom is -0.497 e. The fraction of sp³-hybridized carbons (Fsp3) is 0.550. The Hall–Kier alpha value is -2.41. The molecule has 2 aliphatic heterocycles. The van der Waals surface area contributed by atoms with Crippen molar-refractivity contribution in [1.82, 2.24) is 19.7 Å². The van der Waals surface area contributed by atoms with E-state index in [-0.39, 0.29) is 18.0 Å². The number of carbonyl (C=O) groups is 1. The average Bonchev–Trinajstić information content (AvgIpc) is 3.19. The number of hydrogen-bond donors (Lipinski definition) is 0. The molecule has 0 unspecified atom stereocenters. The van der Waals surface area contributed by atoms with Gasteiger partial charge in [0.05, 0.1) is 13.2 Å². The first-order valence-corrected chi connectivity index (χ1v) is 9.53. The van der Waals surface area contributed by atoms with Crippen LogP contribution in [0.5, 0.6) is 5.75 Å². The van der Waals surface area contributed by atoms with E-state index in [1.165, 1.54) is 0 Å². The summed E-state index contributed by atoms with van der Waals surface area (Å²) in [5.41, 5.74) is 1.16. The minimum atomic E-state index is 0.228. The maximum Gasteiger partial charge on any atom is 0.223 e. The molecule has 0 radical (unpaired) electrons. The molecule has 2 bridgehead atoms. The molecule has 1 fully saturated rings. The molecule has 1 amide bonds. The Morgan fingerprint density at radius 1 is 1.15 bits per heavy atom. The van der Waals surface area contributed by atoms with Gasteiger partial charge >= 0.3 is 0 Å². The Bertz CT molecular complexity index is 802. The van der Waals surface area contributed by atoms with Crippen molar-refractivity contribution in [1.29, 1.82) is 0 Å². The topological polar surface area (TPSA) is 69.5 Å². The van der Waals surface area contributed by atoms with E-state index in [0.717, 1.165) is 55.2 Å². The Morgan fingerprint density at radius 3 is 2.67 bits per heavy atom. The van der Waals surface area contributed by atoms with Crippen molar-refractivity contribution in [2.75, 3.05) is 14.2 Å². The first-order valence-electron chi connectivity index (χ1n) is 9.53. The molecule has 1 saturated heterocycles. The molecule has 1 aromatic heterocycles. The first kappa shape index (κ1) is 18.0. The van der Waals surface area contributed by atoms with Crippen LogP contribution in [-0.2, 0) is 35.5 Å². The molecule has 4 rings (SSSR count). The molecule has 2 aliphatic rings. The summed E-state index contributed by atoms with van der Waals surface area (Å²) in [6, 6.07) is 8.41. The summed E-state index contributed by atoms with van der Waals surface area (Å²) in [5.74, 6) is 2.91. The van der Waals surface area contributed by atoms with Crippen molar-refractivity contribution < 1.29 is 14.3 Å². The van der Waals surface area contributed by atoms with Gasteiger partial charge in [-0.1, -0.05) is 12.1 Å². The minimum absolute atomic E-state index is 0.228. The van der Waals surface area contributed by atoms with Crippen LogP contribution in [0.2, 0.25) is 0 Å². The van der Waals surface area contributed by atoms with Gasteiger partial charge in [-0.2, -0.15) is 0 Å². The van der Waals surface area contributed by atoms with Crippen molar-refractivity contribution in [3.8, 4) is 5.75 Å². The number of amides is 1. The van der Waals surface area contributed by atoms with Crippen LogP contribution in [0.4, 0.5) is 0 Å². The number of benzene rings is 1. The number of nitrogens with zero attached hydrogens (tertiary/aromatic N) is 4. The monoisotopic (exact) mass is 370 g/mol. The van der Waals surface area contributed by atoms with Crippen LogP contribution in [-0.4, -0.2) is 51.9 Å². The maximum absolute atomic E-state index is 13.0. The van der Waals surface area contributed by atoms with Gasteiger partial charge in [-0.05, 0) is 37.0 Å². The lowest BCUT2D eigenvalue weighted by atomic mass is 10.1. The van der Waals surface area contributed by atoms with E-state index in [2.05, 4.69) is 19.7 Å². The normalized spacial score (nSPS) is 21.0. The van der Waals surface area contributed by atoms with Crippen LogP contribution in [0.25, 0.3) is 0 Å². The molecule has 7 nitrogen and oxygen atoms in total. The van der Waals surface area contributed by atoms with Crippen LogP contribution in [0, 0.1) is 0 Å². The molecule has 144 valence electrons. The van der Waals surface area contributed by atoms with Gasteiger partial charge < -0.3 is 18.9 Å². The number of ether oxygens (including phenoxy) is 2. The molecule has 2 aromatic rings. The van der Waals surface area contributed by atoms with Gasteiger partial charge in [-0.3, -0.25) is 4.79 Å². The van der Waals surface area contributed by atoms with E-state index in [4.69, 9.17) is 9.47 Å². The lowest BCUT2D eigenvalue weighted by molar-refractivity contribution is -0.134. The molecule has 7 heteroatoms. The SMILES string of the molecule is COCc1nnc2n1C[C@H]1CC[C@@H](C2)N1C(=O)CCc1ccc(OC)cc1. The third-order valence-electron chi connectivity index (χ3n) is 5.68. The summed E-state index contributed by atoms with van der Waals surface area (Å²) in [6.07, 6.45) is 4.15. The second-order valence-corrected chi connectivity index (χ2v) is 7.31. The molecule has 0 aliphatic carbocycles. The van der Waals surface area contributed by atoms with Crippen molar-refractivity contribution >= 4 is 5.91 Å². The molecular weight excluding hydrogens is 344 g/mol. The number of hydrogen-bond acceptors (Lipinski definition) is 5. The highest BCUT2D eigenvalue weighted by molar-refractivity contribution is 5.77. The van der Waals surface area contributed by atoms with Crippen LogP contribution >= 0.6 is 0 Å². The lowest BCUT2D eigenvalue weighted by Gasteiger charge is -2.28. The van der Waals surface area contributed by atoms with Gasteiger partial charge in [-0.25, -0.2) is 0 Å². The fourth-order valence-corrected chi connectivity index (χ4v) is 4.31. The van der Waals surface area contributed by atoms with Crippen LogP contribution in [0.1, 0.15) is 36.5 Å². The molecular formula is C20H26N4O3. The number of aryl methyl sites for hydroxylation is 1. The second kappa shape index (κ2) is 7.68. The summed E-state index contributed by atoms with van der Waals surface area (Å²) in [7, 11) is 3.32. The van der Waals surface area contributed by atoms with Gasteiger partial charge in [0.15, 0.2) is 5.82 Å². The van der Waals surface area contributed by atoms with E-state index < -0.39 is 0 Å². The highest BCUT2D eigenvalue weighted by atomic mass is 16.5. The molecule has 0 N–H and O–H groups in total. The Balaban J connectivity index is 1.43. The predicted octanol–water partition coefficient (Wildman–Crippen LogP) is 1.98. The van der Waals surface area contributed by atoms with Gasteiger partial charge in [-0.15, -0.1) is 10.2 Å². The zero-order valence-corrected chi connectivity index (χ0v) is 15.9. The number of rotatable bonds is 6.